The molecule has 0 aromatic heterocycles. The van der Waals surface area contributed by atoms with Crippen molar-refractivity contribution in [1.82, 2.24) is 5.32 Å². The Balaban J connectivity index is 1.55. The predicted octanol–water partition coefficient (Wildman–Crippen LogP) is 5.76. The molecule has 1 fully saturated rings. The van der Waals surface area contributed by atoms with Gasteiger partial charge in [-0.15, -0.1) is 0 Å². The fraction of sp³-hybridized carbons (Fsp3) is 0.0417. The summed E-state index contributed by atoms with van der Waals surface area (Å²) in [6.45, 7) is 0. The Bertz CT molecular complexity index is 1260. The number of alkyl halides is 3. The van der Waals surface area contributed by atoms with Crippen molar-refractivity contribution in [2.24, 2.45) is 0 Å². The number of carbonyl (C=O) groups is 3. The number of imide groups is 2. The summed E-state index contributed by atoms with van der Waals surface area (Å²) in [5, 5.41) is 2.10. The number of urea groups is 1. The van der Waals surface area contributed by atoms with Gasteiger partial charge in [-0.05, 0) is 71.9 Å². The van der Waals surface area contributed by atoms with Crippen LogP contribution in [-0.4, -0.2) is 23.4 Å². The Morgan fingerprint density at radius 2 is 1.44 bits per heavy atom. The van der Waals surface area contributed by atoms with Gasteiger partial charge in [-0.2, -0.15) is 13.2 Å². The molecule has 3 aromatic rings. The first kappa shape index (κ1) is 23.1. The molecule has 0 atom stereocenters. The molecule has 0 unspecified atom stereocenters. The molecule has 6 nitrogen and oxygen atoms in total. The van der Waals surface area contributed by atoms with E-state index in [0.29, 0.717) is 17.1 Å². The van der Waals surface area contributed by atoms with Crippen LogP contribution in [0, 0.1) is 0 Å². The Labute approximate surface area is 196 Å². The van der Waals surface area contributed by atoms with Gasteiger partial charge < -0.3 is 4.74 Å². The second kappa shape index (κ2) is 9.44. The summed E-state index contributed by atoms with van der Waals surface area (Å²) < 4.78 is 43.2. The van der Waals surface area contributed by atoms with Gasteiger partial charge in [-0.25, -0.2) is 9.69 Å². The van der Waals surface area contributed by atoms with Crippen molar-refractivity contribution in [2.45, 2.75) is 10.4 Å². The van der Waals surface area contributed by atoms with Crippen LogP contribution in [0.5, 0.6) is 11.5 Å². The number of halogens is 3. The van der Waals surface area contributed by atoms with E-state index in [1.807, 2.05) is 18.2 Å². The average Bonchev–Trinajstić information content (AvgIpc) is 2.78. The highest BCUT2D eigenvalue weighted by atomic mass is 32.2. The molecule has 0 saturated carbocycles. The number of rotatable bonds is 5. The van der Waals surface area contributed by atoms with Gasteiger partial charge in [0.1, 0.15) is 17.1 Å². The van der Waals surface area contributed by atoms with Crippen LogP contribution in [0.2, 0.25) is 0 Å². The molecule has 0 bridgehead atoms. The fourth-order valence-corrected chi connectivity index (χ4v) is 3.65. The van der Waals surface area contributed by atoms with Crippen LogP contribution >= 0.6 is 11.8 Å². The second-order valence-corrected chi connectivity index (χ2v) is 8.12. The van der Waals surface area contributed by atoms with Gasteiger partial charge >= 0.3 is 11.5 Å². The van der Waals surface area contributed by atoms with Gasteiger partial charge in [-0.3, -0.25) is 14.9 Å². The molecule has 4 rings (SSSR count). The Kier molecular flexibility index (Phi) is 6.42. The van der Waals surface area contributed by atoms with Crippen molar-refractivity contribution >= 4 is 41.4 Å². The SMILES string of the molecule is O=C1NC(=O)N(c2ccc(Oc3ccccc3)cc2)C(=O)C1=Cc1ccc(SC(F)(F)F)cc1. The molecule has 1 N–H and O–H groups in total. The molecule has 0 radical (unpaired) electrons. The first-order chi connectivity index (χ1) is 16.2. The number of nitrogens with one attached hydrogen (secondary N) is 1. The molecule has 0 aliphatic carbocycles. The summed E-state index contributed by atoms with van der Waals surface area (Å²) in [5.41, 5.74) is -4.23. The molecular weight excluding hydrogens is 469 g/mol. The predicted molar refractivity (Wildman–Crippen MR) is 120 cm³/mol. The number of hydrogen-bond acceptors (Lipinski definition) is 5. The third-order valence-corrected chi connectivity index (χ3v) is 5.34. The van der Waals surface area contributed by atoms with Crippen LogP contribution < -0.4 is 15.0 Å². The van der Waals surface area contributed by atoms with Crippen LogP contribution in [-0.2, 0) is 9.59 Å². The van der Waals surface area contributed by atoms with Gasteiger partial charge in [0.05, 0.1) is 5.69 Å². The number of para-hydroxylation sites is 1. The summed E-state index contributed by atoms with van der Waals surface area (Å²) in [6.07, 6.45) is 1.21. The van der Waals surface area contributed by atoms with Crippen LogP contribution in [0.15, 0.2) is 89.3 Å². The number of amides is 4. The van der Waals surface area contributed by atoms with E-state index in [4.69, 9.17) is 4.74 Å². The van der Waals surface area contributed by atoms with E-state index in [0.717, 1.165) is 4.90 Å². The number of benzene rings is 3. The van der Waals surface area contributed by atoms with E-state index in [9.17, 15) is 27.6 Å². The molecule has 3 aromatic carbocycles. The molecule has 1 aliphatic rings. The zero-order valence-electron chi connectivity index (χ0n) is 17.2. The highest BCUT2D eigenvalue weighted by molar-refractivity contribution is 8.00. The summed E-state index contributed by atoms with van der Waals surface area (Å²) in [5.74, 6) is -0.677. The number of barbiturate groups is 1. The van der Waals surface area contributed by atoms with Crippen LogP contribution in [0.1, 0.15) is 5.56 Å². The first-order valence-corrected chi connectivity index (χ1v) is 10.6. The van der Waals surface area contributed by atoms with Gasteiger partial charge in [-0.1, -0.05) is 30.3 Å². The Hall–Kier alpha value is -4.05. The number of carbonyl (C=O) groups excluding carboxylic acids is 3. The van der Waals surface area contributed by atoms with E-state index in [1.54, 1.807) is 24.3 Å². The normalized spacial score (nSPS) is 15.4. The molecule has 0 spiro atoms. The molecule has 1 saturated heterocycles. The van der Waals surface area contributed by atoms with E-state index in [2.05, 4.69) is 5.32 Å². The van der Waals surface area contributed by atoms with E-state index < -0.39 is 23.4 Å². The molecule has 34 heavy (non-hydrogen) atoms. The molecular formula is C24H15F3N2O4S. The third kappa shape index (κ3) is 5.46. The van der Waals surface area contributed by atoms with E-state index >= 15 is 0 Å². The van der Waals surface area contributed by atoms with Crippen LogP contribution in [0.25, 0.3) is 6.08 Å². The first-order valence-electron chi connectivity index (χ1n) is 9.80. The van der Waals surface area contributed by atoms with Crippen molar-refractivity contribution in [3.8, 4) is 11.5 Å². The Morgan fingerprint density at radius 1 is 0.824 bits per heavy atom. The maximum absolute atomic E-state index is 13.0. The lowest BCUT2D eigenvalue weighted by Gasteiger charge is -2.26. The molecule has 10 heteroatoms. The van der Waals surface area contributed by atoms with Crippen molar-refractivity contribution in [1.29, 1.82) is 0 Å². The standard InChI is InChI=1S/C24H15F3N2O4S/c25-24(26,27)34-19-12-6-15(7-13-19)14-20-21(30)28-23(32)29(22(20)31)16-8-10-18(11-9-16)33-17-4-2-1-3-5-17/h1-14H,(H,28,30,32). The maximum Gasteiger partial charge on any atom is 0.446 e. The number of anilines is 1. The zero-order chi connectivity index (χ0) is 24.3. The largest absolute Gasteiger partial charge is 0.457 e. The number of nitrogens with zero attached hydrogens (tertiary/aromatic N) is 1. The summed E-state index contributed by atoms with van der Waals surface area (Å²) in [4.78, 5) is 38.4. The number of thioether (sulfide) groups is 1. The summed E-state index contributed by atoms with van der Waals surface area (Å²) in [7, 11) is 0. The van der Waals surface area contributed by atoms with Crippen molar-refractivity contribution < 1.29 is 32.3 Å². The third-order valence-electron chi connectivity index (χ3n) is 4.60. The smallest absolute Gasteiger partial charge is 0.446 e. The maximum atomic E-state index is 13.0. The monoisotopic (exact) mass is 484 g/mol. The minimum atomic E-state index is -4.43. The lowest BCUT2D eigenvalue weighted by Crippen LogP contribution is -2.54. The van der Waals surface area contributed by atoms with Crippen molar-refractivity contribution in [3.05, 3.63) is 90.0 Å². The number of hydrogen-bond donors (Lipinski definition) is 1. The molecule has 4 amide bonds. The summed E-state index contributed by atoms with van der Waals surface area (Å²) >= 11 is -0.274. The van der Waals surface area contributed by atoms with E-state index in [-0.39, 0.29) is 27.9 Å². The second-order valence-electron chi connectivity index (χ2n) is 6.98. The van der Waals surface area contributed by atoms with E-state index in [1.165, 1.54) is 42.5 Å². The molecule has 1 heterocycles. The van der Waals surface area contributed by atoms with Gasteiger partial charge in [0.2, 0.25) is 0 Å². The highest BCUT2D eigenvalue weighted by Crippen LogP contribution is 2.37. The molecule has 172 valence electrons. The quantitative estimate of drug-likeness (QED) is 0.283. The minimum absolute atomic E-state index is 0.0383. The molecule has 1 aliphatic heterocycles. The summed E-state index contributed by atoms with van der Waals surface area (Å²) in [6, 6.07) is 19.4. The minimum Gasteiger partial charge on any atom is -0.457 e. The highest BCUT2D eigenvalue weighted by Gasteiger charge is 2.37. The van der Waals surface area contributed by atoms with Crippen molar-refractivity contribution in [3.63, 3.8) is 0 Å². The number of ether oxygens (including phenoxy) is 1. The topological polar surface area (TPSA) is 75.7 Å². The van der Waals surface area contributed by atoms with Crippen LogP contribution in [0.3, 0.4) is 0 Å². The van der Waals surface area contributed by atoms with Gasteiger partial charge in [0, 0.05) is 4.90 Å². The van der Waals surface area contributed by atoms with Gasteiger partial charge in [0.15, 0.2) is 0 Å². The fourth-order valence-electron chi connectivity index (χ4n) is 3.11. The lowest BCUT2D eigenvalue weighted by molar-refractivity contribution is -0.122. The average molecular weight is 484 g/mol. The van der Waals surface area contributed by atoms with Gasteiger partial charge in [0.25, 0.3) is 11.8 Å². The van der Waals surface area contributed by atoms with Crippen LogP contribution in [0.4, 0.5) is 23.7 Å². The zero-order valence-corrected chi connectivity index (χ0v) is 18.0. The Morgan fingerprint density at radius 3 is 2.06 bits per heavy atom. The van der Waals surface area contributed by atoms with Crippen molar-refractivity contribution in [2.75, 3.05) is 4.90 Å². The lowest BCUT2D eigenvalue weighted by atomic mass is 10.1.